The zero-order valence-corrected chi connectivity index (χ0v) is 14.1. The van der Waals surface area contributed by atoms with Gasteiger partial charge < -0.3 is 20.1 Å². The number of carbonyl (C=O) groups is 1. The van der Waals surface area contributed by atoms with Crippen LogP contribution in [0.4, 0.5) is 17.1 Å². The molecule has 0 heterocycles. The average Bonchev–Trinajstić information content (AvgIpc) is 2.62. The van der Waals surface area contributed by atoms with Gasteiger partial charge in [0.05, 0.1) is 30.9 Å². The largest absolute Gasteiger partial charge is 0.496 e. The van der Waals surface area contributed by atoms with Crippen molar-refractivity contribution >= 4 is 23.0 Å². The lowest BCUT2D eigenvalue weighted by atomic mass is 10.2. The van der Waals surface area contributed by atoms with Crippen LogP contribution >= 0.6 is 0 Å². The van der Waals surface area contributed by atoms with Crippen LogP contribution in [-0.2, 0) is 4.79 Å². The highest BCUT2D eigenvalue weighted by molar-refractivity contribution is 5.98. The smallest absolute Gasteiger partial charge is 0.296 e. The monoisotopic (exact) mass is 345 g/mol. The van der Waals surface area contributed by atoms with Gasteiger partial charge in [0.2, 0.25) is 5.91 Å². The van der Waals surface area contributed by atoms with Crippen molar-refractivity contribution in [3.8, 4) is 11.5 Å². The van der Waals surface area contributed by atoms with Crippen LogP contribution in [0.5, 0.6) is 11.5 Å². The number of ether oxygens (including phenoxy) is 2. The third-order valence-corrected chi connectivity index (χ3v) is 3.53. The van der Waals surface area contributed by atoms with Gasteiger partial charge in [0.25, 0.3) is 5.69 Å². The summed E-state index contributed by atoms with van der Waals surface area (Å²) in [6, 6.07) is 10.8. The van der Waals surface area contributed by atoms with Crippen LogP contribution in [0.3, 0.4) is 0 Å². The standard InChI is InChI=1S/C17H19N3O5/c1-11(18-14-6-4-5-7-16(14)25-3)17(21)19-13-9-8-12(24-2)10-15(13)20(22)23/h4-11,18H,1-3H3,(H,19,21)/t11-/m1/s1. The van der Waals surface area contributed by atoms with Crippen LogP contribution in [-0.4, -0.2) is 31.1 Å². The number of nitrogens with one attached hydrogen (secondary N) is 2. The maximum absolute atomic E-state index is 12.4. The molecule has 25 heavy (non-hydrogen) atoms. The molecule has 2 rings (SSSR count). The minimum Gasteiger partial charge on any atom is -0.496 e. The van der Waals surface area contributed by atoms with Gasteiger partial charge in [0, 0.05) is 0 Å². The minimum absolute atomic E-state index is 0.101. The first-order valence-corrected chi connectivity index (χ1v) is 7.49. The number of nitro benzene ring substituents is 1. The number of rotatable bonds is 7. The van der Waals surface area contributed by atoms with Gasteiger partial charge in [-0.15, -0.1) is 0 Å². The Bertz CT molecular complexity index is 779. The molecule has 1 amide bonds. The molecule has 0 aliphatic heterocycles. The van der Waals surface area contributed by atoms with Crippen LogP contribution in [0.1, 0.15) is 6.92 Å². The van der Waals surface area contributed by atoms with Crippen LogP contribution in [0.25, 0.3) is 0 Å². The Morgan fingerprint density at radius 2 is 1.84 bits per heavy atom. The van der Waals surface area contributed by atoms with E-state index in [-0.39, 0.29) is 11.4 Å². The fourth-order valence-electron chi connectivity index (χ4n) is 2.20. The molecule has 0 aliphatic carbocycles. The summed E-state index contributed by atoms with van der Waals surface area (Å²) < 4.78 is 10.2. The predicted molar refractivity (Wildman–Crippen MR) is 94.4 cm³/mol. The van der Waals surface area contributed by atoms with E-state index in [4.69, 9.17) is 9.47 Å². The first kappa shape index (κ1) is 18.1. The summed E-state index contributed by atoms with van der Waals surface area (Å²) in [5.74, 6) is 0.515. The van der Waals surface area contributed by atoms with E-state index in [1.54, 1.807) is 25.1 Å². The predicted octanol–water partition coefficient (Wildman–Crippen LogP) is 3.05. The normalized spacial score (nSPS) is 11.3. The van der Waals surface area contributed by atoms with Crippen molar-refractivity contribution in [2.24, 2.45) is 0 Å². The molecule has 2 aromatic rings. The van der Waals surface area contributed by atoms with E-state index in [0.717, 1.165) is 0 Å². The van der Waals surface area contributed by atoms with Crippen LogP contribution in [0, 0.1) is 10.1 Å². The number of hydrogen-bond donors (Lipinski definition) is 2. The minimum atomic E-state index is -0.641. The van der Waals surface area contributed by atoms with E-state index in [0.29, 0.717) is 17.2 Å². The number of hydrogen-bond acceptors (Lipinski definition) is 6. The van der Waals surface area contributed by atoms with E-state index >= 15 is 0 Å². The molecule has 8 heteroatoms. The quantitative estimate of drug-likeness (QED) is 0.590. The molecule has 2 aromatic carbocycles. The first-order valence-electron chi connectivity index (χ1n) is 7.49. The third kappa shape index (κ3) is 4.37. The topological polar surface area (TPSA) is 103 Å². The van der Waals surface area contributed by atoms with Crippen molar-refractivity contribution in [1.29, 1.82) is 0 Å². The number of carbonyl (C=O) groups excluding carboxylic acids is 1. The van der Waals surface area contributed by atoms with Gasteiger partial charge in [0.15, 0.2) is 0 Å². The van der Waals surface area contributed by atoms with E-state index in [1.165, 1.54) is 26.4 Å². The highest BCUT2D eigenvalue weighted by Gasteiger charge is 2.20. The van der Waals surface area contributed by atoms with E-state index in [1.807, 2.05) is 12.1 Å². The Balaban J connectivity index is 2.15. The van der Waals surface area contributed by atoms with Gasteiger partial charge in [-0.1, -0.05) is 12.1 Å². The Labute approximate surface area is 144 Å². The molecular formula is C17H19N3O5. The molecule has 0 aliphatic rings. The second kappa shape index (κ2) is 8.00. The molecule has 0 radical (unpaired) electrons. The Morgan fingerprint density at radius 1 is 1.12 bits per heavy atom. The van der Waals surface area contributed by atoms with Gasteiger partial charge in [-0.25, -0.2) is 0 Å². The van der Waals surface area contributed by atoms with Crippen molar-refractivity contribution in [3.63, 3.8) is 0 Å². The summed E-state index contributed by atoms with van der Waals surface area (Å²) in [6.07, 6.45) is 0. The number of nitrogens with zero attached hydrogens (tertiary/aromatic N) is 1. The molecular weight excluding hydrogens is 326 g/mol. The molecule has 0 fully saturated rings. The van der Waals surface area contributed by atoms with Gasteiger partial charge >= 0.3 is 0 Å². The fourth-order valence-corrected chi connectivity index (χ4v) is 2.20. The highest BCUT2D eigenvalue weighted by atomic mass is 16.6. The molecule has 2 N–H and O–H groups in total. The molecule has 0 saturated carbocycles. The summed E-state index contributed by atoms with van der Waals surface area (Å²) in [5, 5.41) is 16.8. The van der Waals surface area contributed by atoms with E-state index in [9.17, 15) is 14.9 Å². The van der Waals surface area contributed by atoms with Crippen molar-refractivity contribution in [3.05, 3.63) is 52.6 Å². The maximum atomic E-state index is 12.4. The van der Waals surface area contributed by atoms with Crippen LogP contribution < -0.4 is 20.1 Å². The zero-order chi connectivity index (χ0) is 18.4. The van der Waals surface area contributed by atoms with Crippen molar-refractivity contribution in [2.75, 3.05) is 24.9 Å². The van der Waals surface area contributed by atoms with Gasteiger partial charge in [-0.05, 0) is 31.2 Å². The Kier molecular flexibility index (Phi) is 5.78. The van der Waals surface area contributed by atoms with E-state index < -0.39 is 16.9 Å². The molecule has 0 unspecified atom stereocenters. The highest BCUT2D eigenvalue weighted by Crippen LogP contribution is 2.29. The number of benzene rings is 2. The fraction of sp³-hybridized carbons (Fsp3) is 0.235. The molecule has 132 valence electrons. The molecule has 0 aromatic heterocycles. The summed E-state index contributed by atoms with van der Waals surface area (Å²) in [5.41, 5.74) is 0.513. The van der Waals surface area contributed by atoms with Crippen molar-refractivity contribution in [2.45, 2.75) is 13.0 Å². The average molecular weight is 345 g/mol. The van der Waals surface area contributed by atoms with Crippen molar-refractivity contribution in [1.82, 2.24) is 0 Å². The SMILES string of the molecule is COc1ccc(NC(=O)[C@@H](C)Nc2ccccc2OC)c([N+](=O)[O-])c1. The first-order chi connectivity index (χ1) is 12.0. The van der Waals surface area contributed by atoms with Crippen molar-refractivity contribution < 1.29 is 19.2 Å². The summed E-state index contributed by atoms with van der Waals surface area (Å²) in [4.78, 5) is 23.0. The second-order valence-corrected chi connectivity index (χ2v) is 5.20. The lowest BCUT2D eigenvalue weighted by molar-refractivity contribution is -0.384. The summed E-state index contributed by atoms with van der Waals surface area (Å²) >= 11 is 0. The molecule has 8 nitrogen and oxygen atoms in total. The second-order valence-electron chi connectivity index (χ2n) is 5.20. The number of para-hydroxylation sites is 2. The Hall–Kier alpha value is -3.29. The van der Waals surface area contributed by atoms with Gasteiger partial charge in [0.1, 0.15) is 23.2 Å². The van der Waals surface area contributed by atoms with E-state index in [2.05, 4.69) is 10.6 Å². The lowest BCUT2D eigenvalue weighted by Gasteiger charge is -2.17. The third-order valence-electron chi connectivity index (χ3n) is 3.53. The van der Waals surface area contributed by atoms with Crippen LogP contribution in [0.15, 0.2) is 42.5 Å². The molecule has 0 saturated heterocycles. The maximum Gasteiger partial charge on any atom is 0.296 e. The van der Waals surface area contributed by atoms with Gasteiger partial charge in [-0.3, -0.25) is 14.9 Å². The zero-order valence-electron chi connectivity index (χ0n) is 14.1. The molecule has 1 atom stereocenters. The van der Waals surface area contributed by atoms with Gasteiger partial charge in [-0.2, -0.15) is 0 Å². The Morgan fingerprint density at radius 3 is 2.48 bits per heavy atom. The number of amides is 1. The number of nitro groups is 1. The summed E-state index contributed by atoms with van der Waals surface area (Å²) in [6.45, 7) is 1.65. The lowest BCUT2D eigenvalue weighted by Crippen LogP contribution is -2.32. The number of anilines is 2. The molecule has 0 bridgehead atoms. The molecule has 0 spiro atoms. The number of methoxy groups -OCH3 is 2. The summed E-state index contributed by atoms with van der Waals surface area (Å²) in [7, 11) is 2.95. The van der Waals surface area contributed by atoms with Crippen LogP contribution in [0.2, 0.25) is 0 Å².